The second-order valence-corrected chi connectivity index (χ2v) is 7.48. The van der Waals surface area contributed by atoms with Crippen molar-refractivity contribution in [3.05, 3.63) is 70.1 Å². The Morgan fingerprint density at radius 1 is 1.14 bits per heavy atom. The van der Waals surface area contributed by atoms with Crippen molar-refractivity contribution in [3.63, 3.8) is 0 Å². The number of thiazole rings is 1. The van der Waals surface area contributed by atoms with Crippen molar-refractivity contribution < 1.29 is 23.5 Å². The molecular formula is C20H17N3O5S. The smallest absolute Gasteiger partial charge is 0.337 e. The quantitative estimate of drug-likeness (QED) is 0.663. The predicted molar refractivity (Wildman–Crippen MR) is 105 cm³/mol. The van der Waals surface area contributed by atoms with Crippen LogP contribution in [0.15, 0.2) is 47.3 Å². The molecule has 9 heteroatoms. The maximum absolute atomic E-state index is 12.8. The number of benzene rings is 1. The van der Waals surface area contributed by atoms with Crippen molar-refractivity contribution in [3.8, 4) is 0 Å². The summed E-state index contributed by atoms with van der Waals surface area (Å²) in [5.41, 5.74) is 2.21. The van der Waals surface area contributed by atoms with Crippen LogP contribution in [-0.4, -0.2) is 41.3 Å². The summed E-state index contributed by atoms with van der Waals surface area (Å²) < 4.78 is 9.59. The molecule has 1 aromatic carbocycles. The second-order valence-electron chi connectivity index (χ2n) is 6.40. The molecule has 0 radical (unpaired) electrons. The number of ether oxygens (including phenoxy) is 1. The summed E-state index contributed by atoms with van der Waals surface area (Å²) in [6, 6.07) is 7.96. The average molecular weight is 411 g/mol. The molecule has 148 valence electrons. The van der Waals surface area contributed by atoms with Crippen LogP contribution in [0.3, 0.4) is 0 Å². The lowest BCUT2D eigenvalue weighted by molar-refractivity contribution is 0.0599. The van der Waals surface area contributed by atoms with E-state index in [4.69, 9.17) is 4.42 Å². The number of aromatic nitrogens is 1. The monoisotopic (exact) mass is 411 g/mol. The van der Waals surface area contributed by atoms with E-state index in [1.54, 1.807) is 35.2 Å². The van der Waals surface area contributed by atoms with E-state index in [0.29, 0.717) is 41.3 Å². The third-order valence-electron chi connectivity index (χ3n) is 4.58. The van der Waals surface area contributed by atoms with Gasteiger partial charge in [0.05, 0.1) is 36.7 Å². The van der Waals surface area contributed by atoms with Crippen LogP contribution >= 0.6 is 11.3 Å². The van der Waals surface area contributed by atoms with Gasteiger partial charge in [0.2, 0.25) is 0 Å². The topological polar surface area (TPSA) is 102 Å². The van der Waals surface area contributed by atoms with Crippen molar-refractivity contribution in [1.29, 1.82) is 0 Å². The van der Waals surface area contributed by atoms with Crippen LogP contribution in [0.4, 0.5) is 5.13 Å². The fraction of sp³-hybridized carbons (Fsp3) is 0.200. The number of hydrogen-bond donors (Lipinski definition) is 1. The molecule has 2 aromatic heterocycles. The Labute approximate surface area is 170 Å². The summed E-state index contributed by atoms with van der Waals surface area (Å²) in [5.74, 6) is -0.853. The van der Waals surface area contributed by atoms with Gasteiger partial charge in [-0.05, 0) is 30.3 Å². The predicted octanol–water partition coefficient (Wildman–Crippen LogP) is 2.97. The number of esters is 1. The fourth-order valence-electron chi connectivity index (χ4n) is 3.03. The van der Waals surface area contributed by atoms with Crippen LogP contribution in [0.25, 0.3) is 0 Å². The SMILES string of the molecule is COC(=O)c1ccc(C(=O)N2CCc3nc(NC(=O)c4ccoc4)sc3C2)cc1. The summed E-state index contributed by atoms with van der Waals surface area (Å²) in [6.45, 7) is 0.954. The van der Waals surface area contributed by atoms with Gasteiger partial charge in [-0.3, -0.25) is 14.9 Å². The van der Waals surface area contributed by atoms with Crippen LogP contribution in [0.2, 0.25) is 0 Å². The zero-order chi connectivity index (χ0) is 20.4. The third-order valence-corrected chi connectivity index (χ3v) is 5.57. The Hall–Kier alpha value is -3.46. The van der Waals surface area contributed by atoms with Gasteiger partial charge in [-0.2, -0.15) is 0 Å². The Bertz CT molecular complexity index is 1060. The Balaban J connectivity index is 1.44. The number of amides is 2. The Morgan fingerprint density at radius 2 is 1.90 bits per heavy atom. The Kier molecular flexibility index (Phi) is 5.13. The van der Waals surface area contributed by atoms with Gasteiger partial charge in [-0.1, -0.05) is 11.3 Å². The average Bonchev–Trinajstić information content (AvgIpc) is 3.41. The third kappa shape index (κ3) is 3.90. The molecule has 1 N–H and O–H groups in total. The molecule has 0 unspecified atom stereocenters. The van der Waals surface area contributed by atoms with E-state index < -0.39 is 5.97 Å². The van der Waals surface area contributed by atoms with Gasteiger partial charge in [0.1, 0.15) is 6.26 Å². The highest BCUT2D eigenvalue weighted by atomic mass is 32.1. The summed E-state index contributed by atoms with van der Waals surface area (Å²) in [6.07, 6.45) is 3.41. The molecular weight excluding hydrogens is 394 g/mol. The molecule has 0 saturated heterocycles. The van der Waals surface area contributed by atoms with Crippen LogP contribution in [0, 0.1) is 0 Å². The van der Waals surface area contributed by atoms with Crippen molar-refractivity contribution >= 4 is 34.3 Å². The van der Waals surface area contributed by atoms with Crippen molar-refractivity contribution in [2.24, 2.45) is 0 Å². The molecule has 0 saturated carbocycles. The van der Waals surface area contributed by atoms with Crippen LogP contribution in [-0.2, 0) is 17.7 Å². The number of carbonyl (C=O) groups excluding carboxylic acids is 3. The largest absolute Gasteiger partial charge is 0.472 e. The van der Waals surface area contributed by atoms with Crippen LogP contribution in [0.1, 0.15) is 41.6 Å². The van der Waals surface area contributed by atoms with Crippen molar-refractivity contribution in [1.82, 2.24) is 9.88 Å². The minimum absolute atomic E-state index is 0.121. The van der Waals surface area contributed by atoms with Crippen molar-refractivity contribution in [2.45, 2.75) is 13.0 Å². The number of fused-ring (bicyclic) bond motifs is 1. The highest BCUT2D eigenvalue weighted by molar-refractivity contribution is 7.15. The van der Waals surface area contributed by atoms with E-state index in [0.717, 1.165) is 10.6 Å². The number of nitrogens with zero attached hydrogens (tertiary/aromatic N) is 2. The maximum Gasteiger partial charge on any atom is 0.337 e. The van der Waals surface area contributed by atoms with Crippen LogP contribution < -0.4 is 5.32 Å². The van der Waals surface area contributed by atoms with Gasteiger partial charge >= 0.3 is 5.97 Å². The zero-order valence-corrected chi connectivity index (χ0v) is 16.3. The molecule has 0 atom stereocenters. The van der Waals surface area contributed by atoms with E-state index in [9.17, 15) is 14.4 Å². The summed E-state index contributed by atoms with van der Waals surface area (Å²) >= 11 is 1.36. The lowest BCUT2D eigenvalue weighted by atomic mass is 10.1. The highest BCUT2D eigenvalue weighted by Crippen LogP contribution is 2.29. The highest BCUT2D eigenvalue weighted by Gasteiger charge is 2.25. The summed E-state index contributed by atoms with van der Waals surface area (Å²) in [7, 11) is 1.31. The first-order valence-corrected chi connectivity index (χ1v) is 9.66. The molecule has 8 nitrogen and oxygen atoms in total. The van der Waals surface area contributed by atoms with Gasteiger partial charge in [0.15, 0.2) is 5.13 Å². The van der Waals surface area contributed by atoms with Gasteiger partial charge in [-0.25, -0.2) is 9.78 Å². The van der Waals surface area contributed by atoms with Gasteiger partial charge in [0.25, 0.3) is 11.8 Å². The summed E-state index contributed by atoms with van der Waals surface area (Å²) in [4.78, 5) is 43.6. The molecule has 2 amide bonds. The molecule has 29 heavy (non-hydrogen) atoms. The number of carbonyl (C=O) groups is 3. The van der Waals surface area contributed by atoms with Gasteiger partial charge in [0, 0.05) is 23.4 Å². The molecule has 1 aliphatic heterocycles. The van der Waals surface area contributed by atoms with E-state index in [2.05, 4.69) is 15.0 Å². The molecule has 0 fully saturated rings. The molecule has 1 aliphatic rings. The van der Waals surface area contributed by atoms with E-state index in [-0.39, 0.29) is 11.8 Å². The Morgan fingerprint density at radius 3 is 2.59 bits per heavy atom. The van der Waals surface area contributed by atoms with E-state index in [1.165, 1.54) is 31.0 Å². The zero-order valence-electron chi connectivity index (χ0n) is 15.5. The molecule has 3 heterocycles. The second kappa shape index (κ2) is 7.88. The summed E-state index contributed by atoms with van der Waals surface area (Å²) in [5, 5.41) is 3.26. The first kappa shape index (κ1) is 18.9. The van der Waals surface area contributed by atoms with Crippen LogP contribution in [0.5, 0.6) is 0 Å². The lowest BCUT2D eigenvalue weighted by Gasteiger charge is -2.26. The minimum Gasteiger partial charge on any atom is -0.472 e. The molecule has 0 bridgehead atoms. The standard InChI is InChI=1S/C20H17N3O5S/c1-27-19(26)13-4-2-12(3-5-13)18(25)23-8-6-15-16(10-23)29-20(21-15)22-17(24)14-7-9-28-11-14/h2-5,7,9,11H,6,8,10H2,1H3,(H,21,22,24). The number of methoxy groups -OCH3 is 1. The maximum atomic E-state index is 12.8. The number of rotatable bonds is 4. The number of nitrogens with one attached hydrogen (secondary N) is 1. The normalized spacial score (nSPS) is 12.9. The van der Waals surface area contributed by atoms with E-state index >= 15 is 0 Å². The van der Waals surface area contributed by atoms with Gasteiger partial charge in [-0.15, -0.1) is 0 Å². The molecule has 3 aromatic rings. The van der Waals surface area contributed by atoms with Crippen molar-refractivity contribution in [2.75, 3.05) is 19.0 Å². The molecule has 0 spiro atoms. The number of furan rings is 1. The number of hydrogen-bond acceptors (Lipinski definition) is 7. The first-order chi connectivity index (χ1) is 14.0. The minimum atomic E-state index is -0.443. The van der Waals surface area contributed by atoms with E-state index in [1.807, 2.05) is 0 Å². The fourth-order valence-corrected chi connectivity index (χ4v) is 4.05. The lowest BCUT2D eigenvalue weighted by Crippen LogP contribution is -2.35. The number of anilines is 1. The van der Waals surface area contributed by atoms with Gasteiger partial charge < -0.3 is 14.1 Å². The molecule has 0 aliphatic carbocycles. The molecule has 4 rings (SSSR count). The first-order valence-electron chi connectivity index (χ1n) is 8.85.